The van der Waals surface area contributed by atoms with Gasteiger partial charge in [0.15, 0.2) is 0 Å². The van der Waals surface area contributed by atoms with Crippen LogP contribution in [0.3, 0.4) is 0 Å². The zero-order valence-electron chi connectivity index (χ0n) is 11.1. The summed E-state index contributed by atoms with van der Waals surface area (Å²) < 4.78 is 10.1. The van der Waals surface area contributed by atoms with Crippen LogP contribution in [0.4, 0.5) is 5.82 Å². The Morgan fingerprint density at radius 2 is 2.32 bits per heavy atom. The van der Waals surface area contributed by atoms with Gasteiger partial charge < -0.3 is 19.9 Å². The minimum absolute atomic E-state index is 0.0284. The quantitative estimate of drug-likeness (QED) is 0.515. The number of nitrogens with one attached hydrogen (secondary N) is 1. The summed E-state index contributed by atoms with van der Waals surface area (Å²) in [5, 5.41) is 11.6. The molecule has 0 aliphatic rings. The molecule has 0 unspecified atom stereocenters. The molecule has 0 atom stereocenters. The van der Waals surface area contributed by atoms with E-state index in [9.17, 15) is 4.79 Å². The van der Waals surface area contributed by atoms with Crippen LogP contribution in [0.2, 0.25) is 0 Å². The van der Waals surface area contributed by atoms with Gasteiger partial charge in [-0.15, -0.1) is 0 Å². The summed E-state index contributed by atoms with van der Waals surface area (Å²) in [5.74, 6) is 0.137. The van der Waals surface area contributed by atoms with Crippen molar-refractivity contribution in [1.29, 1.82) is 0 Å². The molecular formula is C13H20N2O4. The van der Waals surface area contributed by atoms with Crippen LogP contribution in [0.15, 0.2) is 18.3 Å². The summed E-state index contributed by atoms with van der Waals surface area (Å²) in [6, 6.07) is 3.37. The molecule has 6 nitrogen and oxygen atoms in total. The topological polar surface area (TPSA) is 80.7 Å². The molecule has 0 radical (unpaired) electrons. The number of aromatic nitrogens is 1. The number of hydrogen-bond donors (Lipinski definition) is 2. The SMILES string of the molecule is CCOC(=O)c1cccnc1NCCCOCCO. The van der Waals surface area contributed by atoms with E-state index in [1.165, 1.54) is 0 Å². The summed E-state index contributed by atoms with van der Waals surface area (Å²) in [7, 11) is 0. The fourth-order valence-electron chi connectivity index (χ4n) is 1.47. The van der Waals surface area contributed by atoms with Crippen molar-refractivity contribution in [3.05, 3.63) is 23.9 Å². The Balaban J connectivity index is 2.42. The van der Waals surface area contributed by atoms with Gasteiger partial charge in [-0.05, 0) is 25.5 Å². The largest absolute Gasteiger partial charge is 0.462 e. The van der Waals surface area contributed by atoms with Crippen LogP contribution in [0, 0.1) is 0 Å². The number of rotatable bonds is 9. The van der Waals surface area contributed by atoms with Crippen LogP contribution in [-0.2, 0) is 9.47 Å². The molecule has 0 saturated heterocycles. The second kappa shape index (κ2) is 9.29. The van der Waals surface area contributed by atoms with Gasteiger partial charge in [0.1, 0.15) is 11.4 Å². The highest BCUT2D eigenvalue weighted by Crippen LogP contribution is 2.12. The van der Waals surface area contributed by atoms with Crippen molar-refractivity contribution in [2.75, 3.05) is 38.3 Å². The van der Waals surface area contributed by atoms with E-state index in [1.807, 2.05) is 0 Å². The van der Waals surface area contributed by atoms with Gasteiger partial charge in [0.05, 0.1) is 19.8 Å². The lowest BCUT2D eigenvalue weighted by atomic mass is 10.2. The van der Waals surface area contributed by atoms with Crippen LogP contribution in [0.1, 0.15) is 23.7 Å². The summed E-state index contributed by atoms with van der Waals surface area (Å²) in [5.41, 5.74) is 0.431. The monoisotopic (exact) mass is 268 g/mol. The molecule has 0 fully saturated rings. The molecular weight excluding hydrogens is 248 g/mol. The van der Waals surface area contributed by atoms with Crippen LogP contribution < -0.4 is 5.32 Å². The lowest BCUT2D eigenvalue weighted by Crippen LogP contribution is -2.13. The molecule has 1 aromatic rings. The summed E-state index contributed by atoms with van der Waals surface area (Å²) in [6.07, 6.45) is 2.38. The van der Waals surface area contributed by atoms with Crippen molar-refractivity contribution in [3.8, 4) is 0 Å². The Morgan fingerprint density at radius 3 is 3.05 bits per heavy atom. The van der Waals surface area contributed by atoms with Gasteiger partial charge in [-0.3, -0.25) is 0 Å². The standard InChI is InChI=1S/C13H20N2O4/c1-2-19-13(17)11-5-3-6-14-12(11)15-7-4-9-18-10-8-16/h3,5-6,16H,2,4,7-10H2,1H3,(H,14,15). The minimum atomic E-state index is -0.380. The molecule has 0 spiro atoms. The Hall–Kier alpha value is -1.66. The second-order valence-corrected chi connectivity index (χ2v) is 3.74. The summed E-state index contributed by atoms with van der Waals surface area (Å²) >= 11 is 0. The third-order valence-electron chi connectivity index (χ3n) is 2.30. The van der Waals surface area contributed by atoms with E-state index in [-0.39, 0.29) is 12.6 Å². The van der Waals surface area contributed by atoms with Gasteiger partial charge in [0.2, 0.25) is 0 Å². The number of nitrogens with zero attached hydrogens (tertiary/aromatic N) is 1. The first-order chi connectivity index (χ1) is 9.29. The molecule has 1 heterocycles. The fraction of sp³-hybridized carbons (Fsp3) is 0.538. The number of aliphatic hydroxyl groups excluding tert-OH is 1. The average Bonchev–Trinajstić information content (AvgIpc) is 2.43. The predicted molar refractivity (Wildman–Crippen MR) is 71.2 cm³/mol. The first kappa shape index (κ1) is 15.4. The smallest absolute Gasteiger partial charge is 0.341 e. The van der Waals surface area contributed by atoms with Crippen molar-refractivity contribution < 1.29 is 19.4 Å². The van der Waals surface area contributed by atoms with Crippen LogP contribution in [-0.4, -0.2) is 49.0 Å². The Kier molecular flexibility index (Phi) is 7.53. The van der Waals surface area contributed by atoms with Crippen molar-refractivity contribution >= 4 is 11.8 Å². The minimum Gasteiger partial charge on any atom is -0.462 e. The maximum Gasteiger partial charge on any atom is 0.341 e. The van der Waals surface area contributed by atoms with Gasteiger partial charge in [0, 0.05) is 19.3 Å². The highest BCUT2D eigenvalue weighted by Gasteiger charge is 2.12. The predicted octanol–water partition coefficient (Wildman–Crippen LogP) is 1.07. The molecule has 106 valence electrons. The molecule has 0 amide bonds. The van der Waals surface area contributed by atoms with Gasteiger partial charge in [-0.2, -0.15) is 0 Å². The van der Waals surface area contributed by atoms with E-state index in [1.54, 1.807) is 25.3 Å². The molecule has 1 aromatic heterocycles. The van der Waals surface area contributed by atoms with Crippen LogP contribution in [0.5, 0.6) is 0 Å². The molecule has 0 aliphatic carbocycles. The lowest BCUT2D eigenvalue weighted by molar-refractivity contribution is 0.0527. The first-order valence-corrected chi connectivity index (χ1v) is 6.34. The number of anilines is 1. The van der Waals surface area contributed by atoms with Crippen LogP contribution in [0.25, 0.3) is 0 Å². The number of hydrogen-bond acceptors (Lipinski definition) is 6. The molecule has 0 bridgehead atoms. The fourth-order valence-corrected chi connectivity index (χ4v) is 1.47. The van der Waals surface area contributed by atoms with Crippen molar-refractivity contribution in [3.63, 3.8) is 0 Å². The Labute approximate surface area is 112 Å². The zero-order valence-corrected chi connectivity index (χ0v) is 11.1. The van der Waals surface area contributed by atoms with Crippen molar-refractivity contribution in [2.24, 2.45) is 0 Å². The number of carbonyl (C=O) groups excluding carboxylic acids is 1. The molecule has 0 aromatic carbocycles. The maximum absolute atomic E-state index is 11.7. The normalized spacial score (nSPS) is 10.2. The number of pyridine rings is 1. The molecule has 1 rings (SSSR count). The zero-order chi connectivity index (χ0) is 13.9. The maximum atomic E-state index is 11.7. The number of esters is 1. The lowest BCUT2D eigenvalue weighted by Gasteiger charge is -2.10. The van der Waals surface area contributed by atoms with E-state index >= 15 is 0 Å². The van der Waals surface area contributed by atoms with E-state index in [0.717, 1.165) is 6.42 Å². The van der Waals surface area contributed by atoms with Crippen molar-refractivity contribution in [1.82, 2.24) is 4.98 Å². The summed E-state index contributed by atoms with van der Waals surface area (Å²) in [6.45, 7) is 3.66. The number of aliphatic hydroxyl groups is 1. The highest BCUT2D eigenvalue weighted by molar-refractivity contribution is 5.94. The highest BCUT2D eigenvalue weighted by atomic mass is 16.5. The van der Waals surface area contributed by atoms with E-state index in [0.29, 0.717) is 37.7 Å². The van der Waals surface area contributed by atoms with E-state index in [2.05, 4.69) is 10.3 Å². The molecule has 0 saturated carbocycles. The van der Waals surface area contributed by atoms with Gasteiger partial charge in [-0.1, -0.05) is 0 Å². The number of carbonyl (C=O) groups is 1. The average molecular weight is 268 g/mol. The number of ether oxygens (including phenoxy) is 2. The second-order valence-electron chi connectivity index (χ2n) is 3.74. The Bertz CT molecular complexity index is 385. The van der Waals surface area contributed by atoms with E-state index < -0.39 is 0 Å². The Morgan fingerprint density at radius 1 is 1.47 bits per heavy atom. The third-order valence-corrected chi connectivity index (χ3v) is 2.30. The van der Waals surface area contributed by atoms with E-state index in [4.69, 9.17) is 14.6 Å². The molecule has 19 heavy (non-hydrogen) atoms. The molecule has 6 heteroatoms. The van der Waals surface area contributed by atoms with Crippen molar-refractivity contribution in [2.45, 2.75) is 13.3 Å². The third kappa shape index (κ3) is 5.67. The summed E-state index contributed by atoms with van der Waals surface area (Å²) in [4.78, 5) is 15.8. The van der Waals surface area contributed by atoms with Gasteiger partial charge in [-0.25, -0.2) is 9.78 Å². The molecule has 2 N–H and O–H groups in total. The first-order valence-electron chi connectivity index (χ1n) is 6.34. The molecule has 0 aliphatic heterocycles. The van der Waals surface area contributed by atoms with Crippen LogP contribution >= 0.6 is 0 Å². The van der Waals surface area contributed by atoms with Gasteiger partial charge >= 0.3 is 5.97 Å². The van der Waals surface area contributed by atoms with Gasteiger partial charge in [0.25, 0.3) is 0 Å².